The van der Waals surface area contributed by atoms with E-state index in [2.05, 4.69) is 17.0 Å². The summed E-state index contributed by atoms with van der Waals surface area (Å²) in [5.74, 6) is 0.633. The van der Waals surface area contributed by atoms with Gasteiger partial charge in [0.25, 0.3) is 0 Å². The first-order valence-electron chi connectivity index (χ1n) is 7.04. The predicted octanol–water partition coefficient (Wildman–Crippen LogP) is 3.53. The molecule has 0 bridgehead atoms. The number of nitrogens with one attached hydrogen (secondary N) is 1. The highest BCUT2D eigenvalue weighted by Crippen LogP contribution is 2.22. The van der Waals surface area contributed by atoms with Crippen LogP contribution in [0, 0.1) is 0 Å². The van der Waals surface area contributed by atoms with Crippen LogP contribution in [0.1, 0.15) is 25.8 Å². The zero-order valence-corrected chi connectivity index (χ0v) is 12.4. The van der Waals surface area contributed by atoms with Crippen molar-refractivity contribution in [3.05, 3.63) is 29.8 Å². The average Bonchev–Trinajstić information content (AvgIpc) is 2.43. The Balaban J connectivity index is 2.30. The Kier molecular flexibility index (Phi) is 7.53. The third kappa shape index (κ3) is 7.34. The molecular weight excluding hydrogens is 283 g/mol. The van der Waals surface area contributed by atoms with Crippen LogP contribution in [0.5, 0.6) is 5.75 Å². The normalized spacial score (nSPS) is 13.2. The first-order valence-corrected chi connectivity index (χ1v) is 7.04. The molecule has 21 heavy (non-hydrogen) atoms. The SMILES string of the molecule is CCCNCc1cccc(OCCOC(C)C(F)(F)F)c1. The van der Waals surface area contributed by atoms with Gasteiger partial charge in [0, 0.05) is 6.54 Å². The Labute approximate surface area is 123 Å². The number of hydrogen-bond acceptors (Lipinski definition) is 3. The molecule has 0 amide bonds. The maximum absolute atomic E-state index is 12.2. The van der Waals surface area contributed by atoms with Crippen molar-refractivity contribution in [3.8, 4) is 5.75 Å². The second-order valence-electron chi connectivity index (χ2n) is 4.73. The lowest BCUT2D eigenvalue weighted by molar-refractivity contribution is -0.215. The van der Waals surface area contributed by atoms with Crippen molar-refractivity contribution in [1.82, 2.24) is 5.32 Å². The molecule has 1 aromatic carbocycles. The summed E-state index contributed by atoms with van der Waals surface area (Å²) in [6.45, 7) is 4.75. The topological polar surface area (TPSA) is 30.5 Å². The van der Waals surface area contributed by atoms with Gasteiger partial charge in [0.15, 0.2) is 6.10 Å². The predicted molar refractivity (Wildman–Crippen MR) is 75.4 cm³/mol. The third-order valence-electron chi connectivity index (χ3n) is 2.84. The highest BCUT2D eigenvalue weighted by molar-refractivity contribution is 5.28. The van der Waals surface area contributed by atoms with Crippen LogP contribution in [-0.4, -0.2) is 32.0 Å². The molecule has 0 saturated carbocycles. The van der Waals surface area contributed by atoms with Crippen molar-refractivity contribution in [3.63, 3.8) is 0 Å². The Hall–Kier alpha value is -1.27. The molecule has 1 aromatic rings. The summed E-state index contributed by atoms with van der Waals surface area (Å²) in [6.07, 6.45) is -5.04. The molecule has 0 aromatic heterocycles. The van der Waals surface area contributed by atoms with Crippen molar-refractivity contribution < 1.29 is 22.6 Å². The molecule has 0 fully saturated rings. The summed E-state index contributed by atoms with van der Waals surface area (Å²) < 4.78 is 46.8. The van der Waals surface area contributed by atoms with Crippen LogP contribution in [0.2, 0.25) is 0 Å². The van der Waals surface area contributed by atoms with E-state index >= 15 is 0 Å². The summed E-state index contributed by atoms with van der Waals surface area (Å²) in [5.41, 5.74) is 1.07. The molecule has 0 spiro atoms. The fraction of sp³-hybridized carbons (Fsp3) is 0.600. The van der Waals surface area contributed by atoms with Gasteiger partial charge >= 0.3 is 6.18 Å². The molecule has 0 aliphatic heterocycles. The fourth-order valence-electron chi connectivity index (χ4n) is 1.63. The number of alkyl halides is 3. The fourth-order valence-corrected chi connectivity index (χ4v) is 1.63. The van der Waals surface area contributed by atoms with Crippen LogP contribution in [0.15, 0.2) is 24.3 Å². The van der Waals surface area contributed by atoms with Gasteiger partial charge in [-0.1, -0.05) is 19.1 Å². The van der Waals surface area contributed by atoms with Crippen molar-refractivity contribution >= 4 is 0 Å². The largest absolute Gasteiger partial charge is 0.491 e. The van der Waals surface area contributed by atoms with Crippen LogP contribution >= 0.6 is 0 Å². The molecule has 6 heteroatoms. The van der Waals surface area contributed by atoms with E-state index in [1.807, 2.05) is 18.2 Å². The van der Waals surface area contributed by atoms with E-state index in [9.17, 15) is 13.2 Å². The van der Waals surface area contributed by atoms with Gasteiger partial charge in [-0.15, -0.1) is 0 Å². The Morgan fingerprint density at radius 1 is 1.24 bits per heavy atom. The van der Waals surface area contributed by atoms with E-state index < -0.39 is 12.3 Å². The van der Waals surface area contributed by atoms with E-state index in [4.69, 9.17) is 4.74 Å². The minimum Gasteiger partial charge on any atom is -0.491 e. The molecule has 0 aliphatic carbocycles. The molecule has 0 heterocycles. The highest BCUT2D eigenvalue weighted by Gasteiger charge is 2.36. The van der Waals surface area contributed by atoms with Crippen LogP contribution in [0.4, 0.5) is 13.2 Å². The van der Waals surface area contributed by atoms with E-state index in [0.717, 1.165) is 32.0 Å². The van der Waals surface area contributed by atoms with Gasteiger partial charge in [0.1, 0.15) is 12.4 Å². The summed E-state index contributed by atoms with van der Waals surface area (Å²) in [6, 6.07) is 7.47. The van der Waals surface area contributed by atoms with Crippen molar-refractivity contribution in [2.45, 2.75) is 39.1 Å². The van der Waals surface area contributed by atoms with Gasteiger partial charge in [-0.3, -0.25) is 0 Å². The molecule has 1 rings (SSSR count). The lowest BCUT2D eigenvalue weighted by atomic mass is 10.2. The summed E-state index contributed by atoms with van der Waals surface area (Å²) in [5, 5.41) is 3.27. The molecule has 1 unspecified atom stereocenters. The monoisotopic (exact) mass is 305 g/mol. The van der Waals surface area contributed by atoms with E-state index in [0.29, 0.717) is 5.75 Å². The number of hydrogen-bond donors (Lipinski definition) is 1. The van der Waals surface area contributed by atoms with E-state index in [1.54, 1.807) is 6.07 Å². The average molecular weight is 305 g/mol. The molecule has 120 valence electrons. The highest BCUT2D eigenvalue weighted by atomic mass is 19.4. The van der Waals surface area contributed by atoms with Crippen LogP contribution in [0.3, 0.4) is 0 Å². The van der Waals surface area contributed by atoms with E-state index in [1.165, 1.54) is 0 Å². The Morgan fingerprint density at radius 3 is 2.67 bits per heavy atom. The minimum absolute atomic E-state index is 0.0895. The zero-order valence-electron chi connectivity index (χ0n) is 12.4. The Bertz CT molecular complexity index is 410. The summed E-state index contributed by atoms with van der Waals surface area (Å²) in [4.78, 5) is 0. The number of rotatable bonds is 9. The van der Waals surface area contributed by atoms with Gasteiger partial charge in [0.05, 0.1) is 6.61 Å². The van der Waals surface area contributed by atoms with Gasteiger partial charge in [0.2, 0.25) is 0 Å². The van der Waals surface area contributed by atoms with Crippen LogP contribution < -0.4 is 10.1 Å². The third-order valence-corrected chi connectivity index (χ3v) is 2.84. The molecule has 3 nitrogen and oxygen atoms in total. The van der Waals surface area contributed by atoms with E-state index in [-0.39, 0.29) is 13.2 Å². The second kappa shape index (κ2) is 8.89. The molecular formula is C15H22F3NO2. The van der Waals surface area contributed by atoms with Crippen LogP contribution in [-0.2, 0) is 11.3 Å². The Morgan fingerprint density at radius 2 is 2.00 bits per heavy atom. The van der Waals surface area contributed by atoms with Crippen LogP contribution in [0.25, 0.3) is 0 Å². The molecule has 0 radical (unpaired) electrons. The first-order chi connectivity index (χ1) is 9.93. The first kappa shape index (κ1) is 17.8. The second-order valence-corrected chi connectivity index (χ2v) is 4.73. The van der Waals surface area contributed by atoms with Gasteiger partial charge in [-0.2, -0.15) is 13.2 Å². The van der Waals surface area contributed by atoms with Gasteiger partial charge < -0.3 is 14.8 Å². The standard InChI is InChI=1S/C15H22F3NO2/c1-3-7-19-11-13-5-4-6-14(10-13)21-9-8-20-12(2)15(16,17)18/h4-6,10,12,19H,3,7-9,11H2,1-2H3. The minimum atomic E-state index is -4.33. The molecule has 0 saturated heterocycles. The number of benzene rings is 1. The molecule has 1 N–H and O–H groups in total. The lowest BCUT2D eigenvalue weighted by Gasteiger charge is -2.16. The van der Waals surface area contributed by atoms with Crippen molar-refractivity contribution in [1.29, 1.82) is 0 Å². The lowest BCUT2D eigenvalue weighted by Crippen LogP contribution is -2.29. The smallest absolute Gasteiger partial charge is 0.414 e. The summed E-state index contributed by atoms with van der Waals surface area (Å²) >= 11 is 0. The van der Waals surface area contributed by atoms with Crippen molar-refractivity contribution in [2.24, 2.45) is 0 Å². The van der Waals surface area contributed by atoms with Gasteiger partial charge in [-0.05, 0) is 37.6 Å². The quantitative estimate of drug-likeness (QED) is 0.708. The summed E-state index contributed by atoms with van der Waals surface area (Å²) in [7, 11) is 0. The number of ether oxygens (including phenoxy) is 2. The maximum Gasteiger partial charge on any atom is 0.414 e. The molecule has 0 aliphatic rings. The molecule has 1 atom stereocenters. The maximum atomic E-state index is 12.2. The van der Waals surface area contributed by atoms with Gasteiger partial charge in [-0.25, -0.2) is 0 Å². The van der Waals surface area contributed by atoms with Crippen molar-refractivity contribution in [2.75, 3.05) is 19.8 Å². The zero-order chi connectivity index (χ0) is 15.7. The number of halogens is 3.